The minimum absolute atomic E-state index is 0.0252. The zero-order valence-corrected chi connectivity index (χ0v) is 47.6. The number of hydrogen-bond acceptors (Lipinski definition) is 13. The van der Waals surface area contributed by atoms with Crippen molar-refractivity contribution in [3.8, 4) is 0 Å². The van der Waals surface area contributed by atoms with Gasteiger partial charge in [0.25, 0.3) is 0 Å². The summed E-state index contributed by atoms with van der Waals surface area (Å²) in [4.78, 5) is 34.3. The van der Waals surface area contributed by atoms with Gasteiger partial charge >= 0.3 is 12.4 Å². The van der Waals surface area contributed by atoms with E-state index in [0.29, 0.717) is 111 Å². The van der Waals surface area contributed by atoms with Gasteiger partial charge in [-0.25, -0.2) is 19.9 Å². The van der Waals surface area contributed by atoms with E-state index in [1.54, 1.807) is 6.07 Å². The summed E-state index contributed by atoms with van der Waals surface area (Å²) in [6.45, 7) is 7.32. The number of ether oxygens (including phenoxy) is 1. The number of likely N-dealkylation sites (N-methyl/N-ethyl adjacent to an activating group) is 2. The van der Waals surface area contributed by atoms with E-state index in [9.17, 15) is 18.3 Å². The highest BCUT2D eigenvalue weighted by Gasteiger charge is 2.68. The molecule has 3 saturated heterocycles. The third kappa shape index (κ3) is 10.6. The van der Waals surface area contributed by atoms with Gasteiger partial charge in [0, 0.05) is 141 Å². The Morgan fingerprint density at radius 2 is 1.12 bits per heavy atom. The van der Waals surface area contributed by atoms with E-state index >= 15 is 13.2 Å². The first kappa shape index (κ1) is 56.7. The maximum absolute atomic E-state index is 16.4. The van der Waals surface area contributed by atoms with Crippen molar-refractivity contribution < 1.29 is 36.2 Å². The molecule has 5 heterocycles. The molecule has 1 N–H and O–H groups in total. The summed E-state index contributed by atoms with van der Waals surface area (Å²) in [5, 5.41) is 11.2. The highest BCUT2D eigenvalue weighted by atomic mass is 19.4. The Morgan fingerprint density at radius 1 is 0.580 bits per heavy atom. The molecule has 19 heteroatoms. The van der Waals surface area contributed by atoms with Gasteiger partial charge in [-0.1, -0.05) is 36.8 Å². The third-order valence-electron chi connectivity index (χ3n) is 18.8. The Kier molecular flexibility index (Phi) is 15.8. The molecule has 3 aliphatic heterocycles. The molecule has 81 heavy (non-hydrogen) atoms. The summed E-state index contributed by atoms with van der Waals surface area (Å²) in [5.41, 5.74) is 3.09. The number of halogens is 6. The molecule has 4 aromatic carbocycles. The molecule has 2 aromatic heterocycles. The van der Waals surface area contributed by atoms with Gasteiger partial charge in [0.1, 0.15) is 34.1 Å². The molecule has 434 valence electrons. The molecule has 0 amide bonds. The van der Waals surface area contributed by atoms with Crippen LogP contribution in [0.15, 0.2) is 78.9 Å². The summed E-state index contributed by atoms with van der Waals surface area (Å²) in [7, 11) is 11.8. The Morgan fingerprint density at radius 3 is 1.63 bits per heavy atom. The van der Waals surface area contributed by atoms with Crippen LogP contribution in [-0.2, 0) is 15.6 Å². The van der Waals surface area contributed by atoms with Crippen LogP contribution in [0, 0.1) is 0 Å². The number of fused-ring (bicyclic) bond motifs is 2. The SMILES string of the molecule is CN(C)c1cc(C2CCC2(c2nc(N3CCC(c4ccccc4N(C)C)CC3)c3cc(N(C)CCO)ccc3n2)C(F)(F)F)ccc1C1CCN(c2nc(C3(C(F)(F)F)CCC3)nc3ccc(N(C)CCN4CCOCC4)cc23)CC1. The van der Waals surface area contributed by atoms with Crippen LogP contribution < -0.4 is 29.4 Å². The number of morpholine rings is 1. The molecule has 13 nitrogen and oxygen atoms in total. The average Bonchev–Trinajstić information content (AvgIpc) is 1.89. The predicted octanol–water partition coefficient (Wildman–Crippen LogP) is 11.0. The number of aliphatic hydroxyl groups excluding tert-OH is 1. The molecule has 5 aliphatic rings. The topological polar surface area (TPSA) is 104 Å². The van der Waals surface area contributed by atoms with Crippen LogP contribution in [0.25, 0.3) is 21.8 Å². The monoisotopic (exact) mass is 1120 g/mol. The quantitative estimate of drug-likeness (QED) is 0.0931. The lowest BCUT2D eigenvalue weighted by Crippen LogP contribution is -2.55. The van der Waals surface area contributed by atoms with Gasteiger partial charge in [0.15, 0.2) is 0 Å². The van der Waals surface area contributed by atoms with Gasteiger partial charge < -0.3 is 39.2 Å². The van der Waals surface area contributed by atoms with Crippen LogP contribution >= 0.6 is 0 Å². The maximum atomic E-state index is 16.4. The second-order valence-corrected chi connectivity index (χ2v) is 23.8. The summed E-state index contributed by atoms with van der Waals surface area (Å²) >= 11 is 0. The normalized spacial score (nSPS) is 21.3. The third-order valence-corrected chi connectivity index (χ3v) is 18.8. The van der Waals surface area contributed by atoms with Gasteiger partial charge in [0.2, 0.25) is 0 Å². The second-order valence-electron chi connectivity index (χ2n) is 23.8. The number of aliphatic hydroxyl groups is 1. The van der Waals surface area contributed by atoms with E-state index in [4.69, 9.17) is 19.7 Å². The first-order valence-electron chi connectivity index (χ1n) is 29.0. The van der Waals surface area contributed by atoms with Gasteiger partial charge in [-0.2, -0.15) is 26.3 Å². The number of anilines is 6. The first-order valence-corrected chi connectivity index (χ1v) is 29.0. The standard InChI is InChI=1S/C62H77F6N11O2/c1-73(2)53-11-8-7-10-46(53)41-19-26-79(27-20-41)56-49-40-45(76(6)32-35-80)14-17-52(49)70-58(72-56)60(62(66,67)68)25-18-50(60)43-12-15-47(54(38-43)74(3)4)42-21-28-78(29-22-42)55-48-39-44(75(5)30-31-77-33-36-81-37-34-77)13-16-51(48)69-57(71-55)59(23-9-24-59)61(63,64)65/h7-8,10-17,38-42,50,80H,9,18-37H2,1-6H3. The van der Waals surface area contributed by atoms with E-state index in [-0.39, 0.29) is 49.4 Å². The second kappa shape index (κ2) is 22.5. The van der Waals surface area contributed by atoms with E-state index in [2.05, 4.69) is 47.7 Å². The van der Waals surface area contributed by atoms with E-state index in [1.165, 1.54) is 5.56 Å². The molecular weight excluding hydrogens is 1040 g/mol. The summed E-state index contributed by atoms with van der Waals surface area (Å²) < 4.78 is 99.5. The fourth-order valence-electron chi connectivity index (χ4n) is 13.6. The molecule has 2 aliphatic carbocycles. The molecule has 5 fully saturated rings. The zero-order valence-electron chi connectivity index (χ0n) is 47.6. The molecule has 0 radical (unpaired) electrons. The summed E-state index contributed by atoms with van der Waals surface area (Å²) in [5.74, 6) is -0.0176. The molecule has 2 unspecified atom stereocenters. The Hall–Kier alpha value is -6.18. The van der Waals surface area contributed by atoms with Crippen molar-refractivity contribution in [2.24, 2.45) is 0 Å². The van der Waals surface area contributed by atoms with Gasteiger partial charge in [-0.05, 0) is 128 Å². The van der Waals surface area contributed by atoms with Crippen LogP contribution in [-0.4, -0.2) is 163 Å². The van der Waals surface area contributed by atoms with Crippen molar-refractivity contribution in [3.63, 3.8) is 0 Å². The number of para-hydroxylation sites is 1. The van der Waals surface area contributed by atoms with Gasteiger partial charge in [0.05, 0.1) is 30.9 Å². The van der Waals surface area contributed by atoms with E-state index in [1.807, 2.05) is 107 Å². The van der Waals surface area contributed by atoms with Crippen molar-refractivity contribution in [1.29, 1.82) is 0 Å². The maximum Gasteiger partial charge on any atom is 0.402 e. The minimum Gasteiger partial charge on any atom is -0.395 e. The Bertz CT molecular complexity index is 3200. The molecule has 0 bridgehead atoms. The minimum atomic E-state index is -4.68. The molecular formula is C62H77F6N11O2. The smallest absolute Gasteiger partial charge is 0.395 e. The number of aromatic nitrogens is 4. The number of hydrogen-bond donors (Lipinski definition) is 1. The van der Waals surface area contributed by atoms with Crippen LogP contribution in [0.2, 0.25) is 0 Å². The lowest BCUT2D eigenvalue weighted by Gasteiger charge is -2.50. The molecule has 0 spiro atoms. The number of nitrogens with zero attached hydrogens (tertiary/aromatic N) is 11. The van der Waals surface area contributed by atoms with Crippen molar-refractivity contribution in [3.05, 3.63) is 107 Å². The molecule has 6 aromatic rings. The van der Waals surface area contributed by atoms with Crippen molar-refractivity contribution in [1.82, 2.24) is 24.8 Å². The largest absolute Gasteiger partial charge is 0.402 e. The Balaban J connectivity index is 0.886. The van der Waals surface area contributed by atoms with Crippen molar-refractivity contribution in [2.75, 3.05) is 150 Å². The van der Waals surface area contributed by atoms with Crippen LogP contribution in [0.4, 0.5) is 60.7 Å². The predicted molar refractivity (Wildman–Crippen MR) is 311 cm³/mol. The first-order chi connectivity index (χ1) is 38.8. The number of piperidine rings is 2. The fourth-order valence-corrected chi connectivity index (χ4v) is 13.6. The van der Waals surface area contributed by atoms with Crippen LogP contribution in [0.3, 0.4) is 0 Å². The Labute approximate surface area is 471 Å². The van der Waals surface area contributed by atoms with Crippen molar-refractivity contribution in [2.45, 2.75) is 98.7 Å². The number of alkyl halides is 6. The highest BCUT2D eigenvalue weighted by molar-refractivity contribution is 5.93. The van der Waals surface area contributed by atoms with Crippen molar-refractivity contribution >= 4 is 56.2 Å². The lowest BCUT2D eigenvalue weighted by molar-refractivity contribution is -0.223. The average molecular weight is 1120 g/mol. The van der Waals surface area contributed by atoms with E-state index in [0.717, 1.165) is 67.3 Å². The van der Waals surface area contributed by atoms with E-state index < -0.39 is 29.1 Å². The number of rotatable bonds is 16. The number of benzene rings is 4. The molecule has 11 rings (SSSR count). The summed E-state index contributed by atoms with van der Waals surface area (Å²) in [6.07, 6.45) is -5.75. The highest BCUT2D eigenvalue weighted by Crippen LogP contribution is 2.63. The fraction of sp³-hybridized carbons (Fsp3) is 0.548. The van der Waals surface area contributed by atoms with Gasteiger partial charge in [-0.15, -0.1) is 0 Å². The molecule has 2 atom stereocenters. The van der Waals surface area contributed by atoms with Gasteiger partial charge in [-0.3, -0.25) is 4.90 Å². The summed E-state index contributed by atoms with van der Waals surface area (Å²) in [6, 6.07) is 25.6. The van der Waals surface area contributed by atoms with Crippen LogP contribution in [0.1, 0.15) is 104 Å². The zero-order chi connectivity index (χ0) is 57.0. The van der Waals surface area contributed by atoms with Crippen LogP contribution in [0.5, 0.6) is 0 Å². The molecule has 2 saturated carbocycles. The lowest BCUT2D eigenvalue weighted by atomic mass is 9.56.